The SMILES string of the molecule is O=C(Nc1ccc2c(c1)OC1(CCCCC1)O2)[C@@H]1CCC(=O)N1C(=O)[C@@H]1CCCN1. The number of hydrogen-bond acceptors (Lipinski definition) is 6. The first-order valence-electron chi connectivity index (χ1n) is 11.0. The van der Waals surface area contributed by atoms with Crippen LogP contribution in [0.1, 0.15) is 57.8 Å². The standard InChI is InChI=1S/C22H27N3O5/c26-19-9-7-16(25(19)21(28)15-5-4-12-23-15)20(27)24-14-6-8-17-18(13-14)30-22(29-17)10-2-1-3-11-22/h6,8,13,15-16,23H,1-5,7,9-12H2,(H,24,27)/t15-,16-/m0/s1. The molecule has 1 aromatic rings. The summed E-state index contributed by atoms with van der Waals surface area (Å²) >= 11 is 0. The molecule has 4 aliphatic rings. The predicted octanol–water partition coefficient (Wildman–Crippen LogP) is 2.33. The normalized spacial score (nSPS) is 26.9. The van der Waals surface area contributed by atoms with Gasteiger partial charge in [0.25, 0.3) is 5.79 Å². The molecule has 1 aromatic carbocycles. The van der Waals surface area contributed by atoms with Crippen molar-refractivity contribution >= 4 is 23.4 Å². The first-order valence-corrected chi connectivity index (χ1v) is 11.0. The maximum atomic E-state index is 12.9. The largest absolute Gasteiger partial charge is 0.448 e. The van der Waals surface area contributed by atoms with Crippen LogP contribution in [0.4, 0.5) is 5.69 Å². The molecule has 2 atom stereocenters. The fraction of sp³-hybridized carbons (Fsp3) is 0.591. The summed E-state index contributed by atoms with van der Waals surface area (Å²) < 4.78 is 12.2. The van der Waals surface area contributed by atoms with Crippen molar-refractivity contribution in [3.8, 4) is 11.5 Å². The van der Waals surface area contributed by atoms with Gasteiger partial charge in [-0.1, -0.05) is 6.42 Å². The lowest BCUT2D eigenvalue weighted by molar-refractivity contribution is -0.147. The molecule has 0 radical (unpaired) electrons. The van der Waals surface area contributed by atoms with Gasteiger partial charge in [0, 0.05) is 31.0 Å². The lowest BCUT2D eigenvalue weighted by Crippen LogP contribution is -2.51. The zero-order valence-corrected chi connectivity index (χ0v) is 16.9. The average molecular weight is 413 g/mol. The van der Waals surface area contributed by atoms with Gasteiger partial charge >= 0.3 is 0 Å². The van der Waals surface area contributed by atoms with Crippen LogP contribution in [0.3, 0.4) is 0 Å². The summed E-state index contributed by atoms with van der Waals surface area (Å²) in [5.74, 6) is -0.175. The number of carbonyl (C=O) groups is 3. The van der Waals surface area contributed by atoms with Crippen LogP contribution < -0.4 is 20.1 Å². The Kier molecular flexibility index (Phi) is 4.89. The first kappa shape index (κ1) is 19.4. The highest BCUT2D eigenvalue weighted by Gasteiger charge is 2.44. The molecule has 3 amide bonds. The molecule has 0 aromatic heterocycles. The summed E-state index contributed by atoms with van der Waals surface area (Å²) in [6, 6.07) is 4.18. The van der Waals surface area contributed by atoms with Crippen molar-refractivity contribution in [2.24, 2.45) is 0 Å². The number of nitrogens with one attached hydrogen (secondary N) is 2. The Labute approximate surface area is 175 Å². The molecule has 3 aliphatic heterocycles. The van der Waals surface area contributed by atoms with Crippen LogP contribution in [0.25, 0.3) is 0 Å². The van der Waals surface area contributed by atoms with Gasteiger partial charge in [-0.15, -0.1) is 0 Å². The third-order valence-electron chi connectivity index (χ3n) is 6.53. The van der Waals surface area contributed by atoms with Gasteiger partial charge in [0.1, 0.15) is 6.04 Å². The zero-order chi connectivity index (χ0) is 20.7. The third kappa shape index (κ3) is 3.43. The summed E-state index contributed by atoms with van der Waals surface area (Å²) in [6.45, 7) is 0.758. The highest BCUT2D eigenvalue weighted by molar-refractivity contribution is 6.07. The Balaban J connectivity index is 1.28. The Bertz CT molecular complexity index is 874. The van der Waals surface area contributed by atoms with E-state index < -0.39 is 11.8 Å². The van der Waals surface area contributed by atoms with E-state index in [-0.39, 0.29) is 30.2 Å². The number of rotatable bonds is 3. The smallest absolute Gasteiger partial charge is 0.251 e. The fourth-order valence-electron chi connectivity index (χ4n) is 4.96. The monoisotopic (exact) mass is 413 g/mol. The highest BCUT2D eigenvalue weighted by Crippen LogP contribution is 2.46. The van der Waals surface area contributed by atoms with E-state index in [1.807, 2.05) is 0 Å². The number of carbonyl (C=O) groups excluding carboxylic acids is 3. The molecule has 0 bridgehead atoms. The molecule has 30 heavy (non-hydrogen) atoms. The molecular weight excluding hydrogens is 386 g/mol. The van der Waals surface area contributed by atoms with Crippen molar-refractivity contribution in [3.05, 3.63) is 18.2 Å². The second-order valence-electron chi connectivity index (χ2n) is 8.63. The predicted molar refractivity (Wildman–Crippen MR) is 108 cm³/mol. The lowest BCUT2D eigenvalue weighted by Gasteiger charge is -2.31. The van der Waals surface area contributed by atoms with E-state index >= 15 is 0 Å². The molecule has 8 nitrogen and oxygen atoms in total. The van der Waals surface area contributed by atoms with Gasteiger partial charge in [0.15, 0.2) is 11.5 Å². The van der Waals surface area contributed by atoms with Crippen LogP contribution in [0, 0.1) is 0 Å². The van der Waals surface area contributed by atoms with E-state index in [0.717, 1.165) is 43.5 Å². The van der Waals surface area contributed by atoms with E-state index in [4.69, 9.17) is 9.47 Å². The van der Waals surface area contributed by atoms with Crippen molar-refractivity contribution in [1.29, 1.82) is 0 Å². The quantitative estimate of drug-likeness (QED) is 0.739. The van der Waals surface area contributed by atoms with E-state index in [9.17, 15) is 14.4 Å². The van der Waals surface area contributed by atoms with Gasteiger partial charge in [-0.05, 0) is 50.8 Å². The Morgan fingerprint density at radius 3 is 2.63 bits per heavy atom. The maximum Gasteiger partial charge on any atom is 0.251 e. The summed E-state index contributed by atoms with van der Waals surface area (Å²) in [7, 11) is 0. The van der Waals surface area contributed by atoms with Crippen LogP contribution in [0.2, 0.25) is 0 Å². The van der Waals surface area contributed by atoms with Crippen molar-refractivity contribution in [2.75, 3.05) is 11.9 Å². The van der Waals surface area contributed by atoms with Gasteiger partial charge in [-0.3, -0.25) is 19.3 Å². The summed E-state index contributed by atoms with van der Waals surface area (Å²) in [6.07, 6.45) is 7.21. The zero-order valence-electron chi connectivity index (χ0n) is 16.9. The van der Waals surface area contributed by atoms with E-state index in [0.29, 0.717) is 30.0 Å². The second-order valence-corrected chi connectivity index (χ2v) is 8.63. The lowest BCUT2D eigenvalue weighted by atomic mass is 9.94. The van der Waals surface area contributed by atoms with Crippen LogP contribution in [-0.4, -0.2) is 47.0 Å². The van der Waals surface area contributed by atoms with Crippen molar-refractivity contribution in [2.45, 2.75) is 75.7 Å². The number of likely N-dealkylation sites (tertiary alicyclic amines) is 1. The summed E-state index contributed by atoms with van der Waals surface area (Å²) in [4.78, 5) is 39.2. The molecule has 1 spiro atoms. The number of imide groups is 1. The molecule has 160 valence electrons. The summed E-state index contributed by atoms with van der Waals surface area (Å²) in [5.41, 5.74) is 0.570. The molecule has 0 unspecified atom stereocenters. The molecule has 2 saturated heterocycles. The molecule has 1 aliphatic carbocycles. The van der Waals surface area contributed by atoms with Crippen LogP contribution in [0.5, 0.6) is 11.5 Å². The number of nitrogens with zero attached hydrogens (tertiary/aromatic N) is 1. The summed E-state index contributed by atoms with van der Waals surface area (Å²) in [5, 5.41) is 5.97. The molecule has 5 rings (SSSR count). The van der Waals surface area contributed by atoms with Gasteiger partial charge in [-0.2, -0.15) is 0 Å². The van der Waals surface area contributed by atoms with Gasteiger partial charge in [0.05, 0.1) is 6.04 Å². The Morgan fingerprint density at radius 2 is 1.87 bits per heavy atom. The minimum Gasteiger partial charge on any atom is -0.448 e. The van der Waals surface area contributed by atoms with Crippen molar-refractivity contribution < 1.29 is 23.9 Å². The molecule has 1 saturated carbocycles. The number of amides is 3. The van der Waals surface area contributed by atoms with E-state index in [2.05, 4.69) is 10.6 Å². The number of hydrogen-bond donors (Lipinski definition) is 2. The number of anilines is 1. The Morgan fingerprint density at radius 1 is 1.07 bits per heavy atom. The third-order valence-corrected chi connectivity index (χ3v) is 6.53. The number of benzene rings is 1. The molecule has 8 heteroatoms. The number of ether oxygens (including phenoxy) is 2. The minimum atomic E-state index is -0.775. The molecule has 3 fully saturated rings. The molecule has 2 N–H and O–H groups in total. The van der Waals surface area contributed by atoms with Crippen LogP contribution >= 0.6 is 0 Å². The van der Waals surface area contributed by atoms with Crippen molar-refractivity contribution in [1.82, 2.24) is 10.2 Å². The van der Waals surface area contributed by atoms with Gasteiger partial charge in [-0.25, -0.2) is 0 Å². The second kappa shape index (κ2) is 7.58. The minimum absolute atomic E-state index is 0.209. The number of fused-ring (bicyclic) bond motifs is 1. The van der Waals surface area contributed by atoms with Crippen molar-refractivity contribution in [3.63, 3.8) is 0 Å². The first-order chi connectivity index (χ1) is 14.5. The maximum absolute atomic E-state index is 12.9. The van der Waals surface area contributed by atoms with E-state index in [1.165, 1.54) is 6.42 Å². The fourth-order valence-corrected chi connectivity index (χ4v) is 4.96. The molecular formula is C22H27N3O5. The van der Waals surface area contributed by atoms with Gasteiger partial charge in [0.2, 0.25) is 17.7 Å². The van der Waals surface area contributed by atoms with Crippen LogP contribution in [0.15, 0.2) is 18.2 Å². The average Bonchev–Trinajstić information content (AvgIpc) is 3.46. The van der Waals surface area contributed by atoms with Crippen LogP contribution in [-0.2, 0) is 14.4 Å². The topological polar surface area (TPSA) is 97.0 Å². The highest BCUT2D eigenvalue weighted by atomic mass is 16.7. The Hall–Kier alpha value is -2.61. The van der Waals surface area contributed by atoms with E-state index in [1.54, 1.807) is 18.2 Å². The van der Waals surface area contributed by atoms with Gasteiger partial charge < -0.3 is 20.1 Å². The molecule has 3 heterocycles.